The minimum absolute atomic E-state index is 0.202. The van der Waals surface area contributed by atoms with Crippen LogP contribution in [0.2, 0.25) is 5.02 Å². The molecule has 4 rings (SSSR count). The summed E-state index contributed by atoms with van der Waals surface area (Å²) in [6, 6.07) is 14.4. The van der Waals surface area contributed by atoms with Crippen molar-refractivity contribution in [2.45, 2.75) is 0 Å². The van der Waals surface area contributed by atoms with E-state index in [2.05, 4.69) is 20.3 Å². The monoisotopic (exact) mass is 323 g/mol. The average molecular weight is 324 g/mol. The average Bonchev–Trinajstić information content (AvgIpc) is 3.05. The molecule has 6 nitrogen and oxygen atoms in total. The number of rotatable bonds is 2. The van der Waals surface area contributed by atoms with E-state index in [9.17, 15) is 4.79 Å². The molecule has 0 aliphatic carbocycles. The third-order valence-corrected chi connectivity index (χ3v) is 3.69. The van der Waals surface area contributed by atoms with Crippen molar-refractivity contribution in [3.05, 3.63) is 70.1 Å². The molecule has 0 fully saturated rings. The number of benzene rings is 2. The standard InChI is InChI=1S/C16H10ClN5O/c17-10-5-7-11(8-6-10)22-9-14(20-21-22)15-18-13-4-2-1-3-12(13)16(23)19-15/h1-9H,(H,18,19,23). The predicted molar refractivity (Wildman–Crippen MR) is 87.7 cm³/mol. The van der Waals surface area contributed by atoms with Crippen LogP contribution in [0.4, 0.5) is 0 Å². The summed E-state index contributed by atoms with van der Waals surface area (Å²) in [6.07, 6.45) is 1.70. The van der Waals surface area contributed by atoms with Crippen LogP contribution in [0.1, 0.15) is 0 Å². The quantitative estimate of drug-likeness (QED) is 0.615. The Kier molecular flexibility index (Phi) is 3.17. The van der Waals surface area contributed by atoms with E-state index in [1.165, 1.54) is 0 Å². The highest BCUT2D eigenvalue weighted by molar-refractivity contribution is 6.30. The summed E-state index contributed by atoms with van der Waals surface area (Å²) in [5.74, 6) is 0.383. The highest BCUT2D eigenvalue weighted by atomic mass is 35.5. The summed E-state index contributed by atoms with van der Waals surface area (Å²) in [6.45, 7) is 0. The molecular formula is C16H10ClN5O. The molecule has 0 radical (unpaired) electrons. The van der Waals surface area contributed by atoms with E-state index in [-0.39, 0.29) is 5.56 Å². The van der Waals surface area contributed by atoms with Gasteiger partial charge in [0, 0.05) is 5.02 Å². The van der Waals surface area contributed by atoms with Crippen LogP contribution in [0.15, 0.2) is 59.5 Å². The Morgan fingerprint density at radius 1 is 1.04 bits per heavy atom. The summed E-state index contributed by atoms with van der Waals surface area (Å²) in [4.78, 5) is 19.3. The predicted octanol–water partition coefficient (Wildman–Crippen LogP) is 2.82. The van der Waals surface area contributed by atoms with Crippen molar-refractivity contribution in [1.82, 2.24) is 25.0 Å². The molecule has 0 saturated heterocycles. The SMILES string of the molecule is O=c1[nH]c(-c2cn(-c3ccc(Cl)cc3)nn2)nc2ccccc12. The third kappa shape index (κ3) is 2.49. The molecular weight excluding hydrogens is 314 g/mol. The van der Waals surface area contributed by atoms with Gasteiger partial charge in [-0.2, -0.15) is 0 Å². The minimum atomic E-state index is -0.202. The molecule has 2 aromatic carbocycles. The Hall–Kier alpha value is -2.99. The number of fused-ring (bicyclic) bond motifs is 1. The summed E-state index contributed by atoms with van der Waals surface area (Å²) in [5.41, 5.74) is 1.72. The van der Waals surface area contributed by atoms with Crippen molar-refractivity contribution in [2.75, 3.05) is 0 Å². The lowest BCUT2D eigenvalue weighted by atomic mass is 10.2. The molecule has 0 bridgehead atoms. The number of aromatic amines is 1. The van der Waals surface area contributed by atoms with E-state index in [0.29, 0.717) is 27.4 Å². The molecule has 1 N–H and O–H groups in total. The number of hydrogen-bond donors (Lipinski definition) is 1. The molecule has 0 spiro atoms. The van der Waals surface area contributed by atoms with E-state index >= 15 is 0 Å². The van der Waals surface area contributed by atoms with Gasteiger partial charge >= 0.3 is 0 Å². The van der Waals surface area contributed by atoms with Crippen molar-refractivity contribution in [1.29, 1.82) is 0 Å². The van der Waals surface area contributed by atoms with E-state index in [0.717, 1.165) is 5.69 Å². The first kappa shape index (κ1) is 13.7. The number of nitrogens with one attached hydrogen (secondary N) is 1. The maximum atomic E-state index is 12.1. The highest BCUT2D eigenvalue weighted by Crippen LogP contribution is 2.16. The Morgan fingerprint density at radius 3 is 2.65 bits per heavy atom. The van der Waals surface area contributed by atoms with Crippen molar-refractivity contribution in [2.24, 2.45) is 0 Å². The van der Waals surface area contributed by atoms with E-state index in [4.69, 9.17) is 11.6 Å². The van der Waals surface area contributed by atoms with Gasteiger partial charge in [0.05, 0.1) is 22.8 Å². The zero-order chi connectivity index (χ0) is 15.8. The van der Waals surface area contributed by atoms with Crippen LogP contribution >= 0.6 is 11.6 Å². The summed E-state index contributed by atoms with van der Waals surface area (Å²) >= 11 is 5.88. The summed E-state index contributed by atoms with van der Waals surface area (Å²) < 4.78 is 1.60. The second-order valence-corrected chi connectivity index (χ2v) is 5.39. The first-order chi connectivity index (χ1) is 11.2. The van der Waals surface area contributed by atoms with Crippen molar-refractivity contribution >= 4 is 22.5 Å². The van der Waals surface area contributed by atoms with Gasteiger partial charge in [0.15, 0.2) is 5.82 Å². The van der Waals surface area contributed by atoms with Gasteiger partial charge in [0.1, 0.15) is 5.69 Å². The van der Waals surface area contributed by atoms with Crippen LogP contribution in [0.3, 0.4) is 0 Å². The van der Waals surface area contributed by atoms with Crippen molar-refractivity contribution in [3.63, 3.8) is 0 Å². The third-order valence-electron chi connectivity index (χ3n) is 3.44. The Labute approximate surface area is 135 Å². The van der Waals surface area contributed by atoms with Crippen LogP contribution in [0.5, 0.6) is 0 Å². The van der Waals surface area contributed by atoms with E-state index in [1.807, 2.05) is 18.2 Å². The fourth-order valence-corrected chi connectivity index (χ4v) is 2.43. The number of para-hydroxylation sites is 1. The number of nitrogens with zero attached hydrogens (tertiary/aromatic N) is 4. The minimum Gasteiger partial charge on any atom is -0.305 e. The van der Waals surface area contributed by atoms with Gasteiger partial charge < -0.3 is 4.98 Å². The largest absolute Gasteiger partial charge is 0.305 e. The fraction of sp³-hybridized carbons (Fsp3) is 0. The van der Waals surface area contributed by atoms with E-state index < -0.39 is 0 Å². The van der Waals surface area contributed by atoms with Gasteiger partial charge in [0.2, 0.25) is 0 Å². The second-order valence-electron chi connectivity index (χ2n) is 4.96. The maximum Gasteiger partial charge on any atom is 0.259 e. The fourth-order valence-electron chi connectivity index (χ4n) is 2.30. The van der Waals surface area contributed by atoms with E-state index in [1.54, 1.807) is 41.2 Å². The number of aromatic nitrogens is 5. The Bertz CT molecular complexity index is 1050. The molecule has 0 unspecified atom stereocenters. The molecule has 0 saturated carbocycles. The van der Waals surface area contributed by atoms with Crippen LogP contribution in [0.25, 0.3) is 28.1 Å². The number of halogens is 1. The van der Waals surface area contributed by atoms with Gasteiger partial charge in [-0.25, -0.2) is 9.67 Å². The zero-order valence-electron chi connectivity index (χ0n) is 11.8. The molecule has 0 atom stereocenters. The molecule has 0 aliphatic rings. The molecule has 23 heavy (non-hydrogen) atoms. The first-order valence-corrected chi connectivity index (χ1v) is 7.26. The topological polar surface area (TPSA) is 76.5 Å². The lowest BCUT2D eigenvalue weighted by molar-refractivity contribution is 0.803. The lowest BCUT2D eigenvalue weighted by Gasteiger charge is -2.00. The maximum absolute atomic E-state index is 12.1. The van der Waals surface area contributed by atoms with Crippen molar-refractivity contribution in [3.8, 4) is 17.2 Å². The number of hydrogen-bond acceptors (Lipinski definition) is 4. The molecule has 2 aromatic heterocycles. The molecule has 0 aliphatic heterocycles. The zero-order valence-corrected chi connectivity index (χ0v) is 12.5. The van der Waals surface area contributed by atoms with Gasteiger partial charge in [-0.3, -0.25) is 4.79 Å². The molecule has 4 aromatic rings. The van der Waals surface area contributed by atoms with Crippen LogP contribution < -0.4 is 5.56 Å². The van der Waals surface area contributed by atoms with Crippen LogP contribution in [0, 0.1) is 0 Å². The smallest absolute Gasteiger partial charge is 0.259 e. The molecule has 0 amide bonds. The lowest BCUT2D eigenvalue weighted by Crippen LogP contribution is -2.09. The van der Waals surface area contributed by atoms with Crippen LogP contribution in [-0.2, 0) is 0 Å². The molecule has 112 valence electrons. The first-order valence-electron chi connectivity index (χ1n) is 6.88. The number of H-pyrrole nitrogens is 1. The Morgan fingerprint density at radius 2 is 1.83 bits per heavy atom. The molecule has 2 heterocycles. The van der Waals surface area contributed by atoms with Gasteiger partial charge in [-0.15, -0.1) is 5.10 Å². The highest BCUT2D eigenvalue weighted by Gasteiger charge is 2.10. The normalized spacial score (nSPS) is 11.0. The van der Waals surface area contributed by atoms with Gasteiger partial charge in [0.25, 0.3) is 5.56 Å². The summed E-state index contributed by atoms with van der Waals surface area (Å²) in [7, 11) is 0. The Balaban J connectivity index is 1.80. The van der Waals surface area contributed by atoms with Gasteiger partial charge in [-0.1, -0.05) is 28.9 Å². The second kappa shape index (κ2) is 5.33. The molecule has 7 heteroatoms. The van der Waals surface area contributed by atoms with Crippen molar-refractivity contribution < 1.29 is 0 Å². The van der Waals surface area contributed by atoms with Gasteiger partial charge in [-0.05, 0) is 36.4 Å². The van der Waals surface area contributed by atoms with Crippen LogP contribution in [-0.4, -0.2) is 25.0 Å². The summed E-state index contributed by atoms with van der Waals surface area (Å²) in [5, 5.41) is 9.33.